The fourth-order valence-corrected chi connectivity index (χ4v) is 6.20. The molecule has 0 aromatic heterocycles. The molecule has 1 fully saturated rings. The standard InChI is InChI=1S/C30H54NO4P/c1-2-3-4-5-6-7-8-9-10-11-12-13-14-15-16-20-27-34-36(32,33)35-30-23-25-31(26-24-30)28-29-21-18-17-19-22-29/h17-19,21-22,30H,2-16,20,23-28H2,1H3,(H,32,33). The highest BCUT2D eigenvalue weighted by Gasteiger charge is 2.26. The monoisotopic (exact) mass is 523 g/mol. The fraction of sp³-hybridized carbons (Fsp3) is 0.800. The van der Waals surface area contributed by atoms with E-state index in [2.05, 4.69) is 31.2 Å². The average molecular weight is 524 g/mol. The summed E-state index contributed by atoms with van der Waals surface area (Å²) in [5, 5.41) is 0. The van der Waals surface area contributed by atoms with Crippen molar-refractivity contribution in [3.63, 3.8) is 0 Å². The van der Waals surface area contributed by atoms with E-state index in [0.717, 1.165) is 51.7 Å². The first-order valence-corrected chi connectivity index (χ1v) is 16.6. The second-order valence-corrected chi connectivity index (χ2v) is 12.2. The zero-order chi connectivity index (χ0) is 25.7. The molecule has 1 saturated heterocycles. The van der Waals surface area contributed by atoms with E-state index >= 15 is 0 Å². The van der Waals surface area contributed by atoms with Gasteiger partial charge in [0.2, 0.25) is 0 Å². The summed E-state index contributed by atoms with van der Waals surface area (Å²) in [4.78, 5) is 13.7. The maximum Gasteiger partial charge on any atom is 0.268 e. The number of phosphoric ester groups is 1. The number of rotatable bonds is 22. The van der Waals surface area contributed by atoms with E-state index in [0.29, 0.717) is 0 Å². The quantitative estimate of drug-likeness (QED) is 0.131. The third-order valence-corrected chi connectivity index (χ3v) is 8.52. The molecule has 2 rings (SSSR count). The van der Waals surface area contributed by atoms with Crippen molar-refractivity contribution in [2.24, 2.45) is 0 Å². The highest BCUT2D eigenvalue weighted by Crippen LogP contribution is 2.41. The predicted octanol–water partition coefficient (Wildman–Crippen LogP) is 7.00. The van der Waals surface area contributed by atoms with Crippen LogP contribution in [0.2, 0.25) is 0 Å². The van der Waals surface area contributed by atoms with Gasteiger partial charge in [0.05, 0.1) is 25.8 Å². The van der Waals surface area contributed by atoms with Crippen LogP contribution >= 0.6 is 7.82 Å². The molecule has 0 saturated carbocycles. The zero-order valence-electron chi connectivity index (χ0n) is 23.1. The van der Waals surface area contributed by atoms with Crippen LogP contribution in [0.4, 0.5) is 0 Å². The summed E-state index contributed by atoms with van der Waals surface area (Å²) in [6, 6.07) is 10.5. The van der Waals surface area contributed by atoms with E-state index in [9.17, 15) is 9.46 Å². The molecule has 1 aromatic rings. The molecule has 5 nitrogen and oxygen atoms in total. The molecule has 1 unspecified atom stereocenters. The number of hydrogen-bond donors (Lipinski definition) is 1. The molecule has 1 N–H and O–H groups in total. The minimum absolute atomic E-state index is 0.237. The van der Waals surface area contributed by atoms with Gasteiger partial charge in [-0.2, -0.15) is 0 Å². The summed E-state index contributed by atoms with van der Waals surface area (Å²) in [5.74, 6) is 0. The highest BCUT2D eigenvalue weighted by molar-refractivity contribution is 7.45. The van der Waals surface area contributed by atoms with Crippen LogP contribution in [-0.4, -0.2) is 25.8 Å². The maximum absolute atomic E-state index is 12.2. The van der Waals surface area contributed by atoms with Gasteiger partial charge in [-0.1, -0.05) is 134 Å². The fourth-order valence-electron chi connectivity index (χ4n) is 5.21. The lowest BCUT2D eigenvalue weighted by atomic mass is 10.0. The Labute approximate surface area is 222 Å². The first-order chi connectivity index (χ1) is 17.6. The molecule has 36 heavy (non-hydrogen) atoms. The van der Waals surface area contributed by atoms with Crippen LogP contribution in [0.15, 0.2) is 30.3 Å². The number of likely N-dealkylation sites (tertiary alicyclic amines) is 1. The van der Waals surface area contributed by atoms with Gasteiger partial charge in [0, 0.05) is 18.4 Å². The summed E-state index contributed by atoms with van der Waals surface area (Å²) < 4.78 is 22.7. The summed E-state index contributed by atoms with van der Waals surface area (Å²) in [6.07, 6.45) is 22.1. The molecule has 1 aliphatic heterocycles. The van der Waals surface area contributed by atoms with Gasteiger partial charge in [0.25, 0.3) is 7.82 Å². The van der Waals surface area contributed by atoms with Gasteiger partial charge < -0.3 is 18.8 Å². The van der Waals surface area contributed by atoms with E-state index in [1.807, 2.05) is 6.07 Å². The molecule has 0 aliphatic carbocycles. The number of unbranched alkanes of at least 4 members (excludes halogenated alkanes) is 15. The Morgan fingerprint density at radius 3 is 1.75 bits per heavy atom. The van der Waals surface area contributed by atoms with Crippen LogP contribution in [0.3, 0.4) is 0 Å². The Hall–Kier alpha value is -0.710. The van der Waals surface area contributed by atoms with E-state index in [-0.39, 0.29) is 12.7 Å². The van der Waals surface area contributed by atoms with Crippen molar-refractivity contribution in [1.82, 2.24) is 0 Å². The topological polar surface area (TPSA) is 63.0 Å². The first kappa shape index (κ1) is 31.5. The molecule has 1 heterocycles. The lowest BCUT2D eigenvalue weighted by Gasteiger charge is -2.33. The zero-order valence-corrected chi connectivity index (χ0v) is 24.0. The molecule has 0 amide bonds. The van der Waals surface area contributed by atoms with Gasteiger partial charge in [-0.15, -0.1) is 0 Å². The van der Waals surface area contributed by atoms with Gasteiger partial charge in [-0.25, -0.2) is 0 Å². The number of phosphoric acid groups is 1. The lowest BCUT2D eigenvalue weighted by molar-refractivity contribution is -0.919. The summed E-state index contributed by atoms with van der Waals surface area (Å²) in [5.41, 5.74) is 1.32. The first-order valence-electron chi connectivity index (χ1n) is 15.1. The number of piperidine rings is 1. The summed E-state index contributed by atoms with van der Waals surface area (Å²) >= 11 is 0. The number of benzene rings is 1. The van der Waals surface area contributed by atoms with Crippen molar-refractivity contribution in [3.8, 4) is 0 Å². The Morgan fingerprint density at radius 1 is 0.778 bits per heavy atom. The normalized spacial score (nSPS) is 19.8. The molecule has 1 aliphatic rings. The average Bonchev–Trinajstić information content (AvgIpc) is 2.87. The van der Waals surface area contributed by atoms with Crippen molar-refractivity contribution in [2.45, 2.75) is 135 Å². The molecule has 0 spiro atoms. The third kappa shape index (κ3) is 16.2. The molecule has 6 heteroatoms. The van der Waals surface area contributed by atoms with Crippen LogP contribution < -0.4 is 9.79 Å². The van der Waals surface area contributed by atoms with Gasteiger partial charge in [-0.3, -0.25) is 4.57 Å². The van der Waals surface area contributed by atoms with Crippen molar-refractivity contribution in [1.29, 1.82) is 0 Å². The lowest BCUT2D eigenvalue weighted by Crippen LogP contribution is -3.12. The van der Waals surface area contributed by atoms with Crippen LogP contribution in [-0.2, 0) is 20.2 Å². The molecule has 0 bridgehead atoms. The molecular weight excluding hydrogens is 469 g/mol. The Balaban J connectivity index is 1.36. The maximum atomic E-state index is 12.2. The van der Waals surface area contributed by atoms with E-state index < -0.39 is 7.82 Å². The predicted molar refractivity (Wildman–Crippen MR) is 148 cm³/mol. The molecule has 0 radical (unpaired) electrons. The van der Waals surface area contributed by atoms with Gasteiger partial charge in [0.15, 0.2) is 0 Å². The van der Waals surface area contributed by atoms with Crippen LogP contribution in [0.25, 0.3) is 0 Å². The van der Waals surface area contributed by atoms with Crippen molar-refractivity contribution in [2.75, 3.05) is 19.7 Å². The highest BCUT2D eigenvalue weighted by atomic mass is 31.2. The SMILES string of the molecule is CCCCCCCCCCCCCCCCCCOP(=O)([O-])OC1CC[NH+](Cc2ccccc2)CC1. The van der Waals surface area contributed by atoms with Crippen LogP contribution in [0.1, 0.15) is 128 Å². The van der Waals surface area contributed by atoms with E-state index in [1.165, 1.54) is 93.9 Å². The number of hydrogen-bond acceptors (Lipinski definition) is 4. The largest absolute Gasteiger partial charge is 0.756 e. The van der Waals surface area contributed by atoms with Crippen molar-refractivity contribution in [3.05, 3.63) is 35.9 Å². The van der Waals surface area contributed by atoms with Gasteiger partial charge in [0.1, 0.15) is 6.54 Å². The second-order valence-electron chi connectivity index (χ2n) is 10.8. The molecule has 1 aromatic carbocycles. The van der Waals surface area contributed by atoms with Crippen molar-refractivity contribution < 1.29 is 23.4 Å². The minimum atomic E-state index is -4.20. The summed E-state index contributed by atoms with van der Waals surface area (Å²) in [7, 11) is -4.20. The second kappa shape index (κ2) is 20.3. The van der Waals surface area contributed by atoms with Crippen LogP contribution in [0.5, 0.6) is 0 Å². The van der Waals surface area contributed by atoms with Crippen molar-refractivity contribution >= 4 is 7.82 Å². The number of nitrogens with one attached hydrogen (secondary N) is 1. The Kier molecular flexibility index (Phi) is 17.7. The summed E-state index contributed by atoms with van der Waals surface area (Å²) in [6.45, 7) is 5.37. The Bertz CT molecular complexity index is 679. The molecule has 208 valence electrons. The van der Waals surface area contributed by atoms with Crippen LogP contribution in [0, 0.1) is 0 Å². The minimum Gasteiger partial charge on any atom is -0.756 e. The third-order valence-electron chi connectivity index (χ3n) is 7.46. The Morgan fingerprint density at radius 2 is 1.25 bits per heavy atom. The molecular formula is C30H54NO4P. The molecule has 1 atom stereocenters. The van der Waals surface area contributed by atoms with Gasteiger partial charge in [-0.05, 0) is 6.42 Å². The van der Waals surface area contributed by atoms with E-state index in [1.54, 1.807) is 0 Å². The smallest absolute Gasteiger partial charge is 0.268 e. The van der Waals surface area contributed by atoms with E-state index in [4.69, 9.17) is 9.05 Å². The number of quaternary nitrogens is 1. The van der Waals surface area contributed by atoms with Gasteiger partial charge >= 0.3 is 0 Å².